The van der Waals surface area contributed by atoms with Crippen LogP contribution in [-0.2, 0) is 9.47 Å². The average molecular weight is 516 g/mol. The molecule has 0 amide bonds. The van der Waals surface area contributed by atoms with Crippen molar-refractivity contribution in [1.82, 2.24) is 29.1 Å². The van der Waals surface area contributed by atoms with E-state index in [0.29, 0.717) is 37.7 Å². The van der Waals surface area contributed by atoms with E-state index < -0.39 is 12.5 Å². The topological polar surface area (TPSA) is 91.4 Å². The zero-order chi connectivity index (χ0) is 25.6. The van der Waals surface area contributed by atoms with Crippen LogP contribution in [0.4, 0.5) is 19.1 Å². The largest absolute Gasteiger partial charge is 0.522 e. The van der Waals surface area contributed by atoms with Gasteiger partial charge in [-0.2, -0.15) is 0 Å². The van der Waals surface area contributed by atoms with Crippen LogP contribution in [0.15, 0.2) is 30.7 Å². The maximum Gasteiger partial charge on any atom is 0.522 e. The summed E-state index contributed by atoms with van der Waals surface area (Å²) in [5, 5.41) is 7.84. The molecule has 0 aromatic carbocycles. The Morgan fingerprint density at radius 1 is 1.03 bits per heavy atom. The molecule has 4 aromatic heterocycles. The van der Waals surface area contributed by atoms with Crippen molar-refractivity contribution >= 4 is 22.6 Å². The third-order valence-corrected chi connectivity index (χ3v) is 7.31. The minimum absolute atomic E-state index is 0.000821. The average Bonchev–Trinajstić information content (AvgIpc) is 3.44. The first kappa shape index (κ1) is 24.1. The Labute approximate surface area is 211 Å². The molecule has 12 heteroatoms. The standard InChI is InChI=1S/C25H28F3N7O2/c1-15-31-23-21(35(15)18-7-10-36-11-8-18)12-16(13-29-23)20-6-9-34-22(20)14-30-24(33-34)32-17-2-4-19(5-3-17)37-25(26,27)28/h6,9,12-14,17-19H,2-5,7-8,10-11H2,1H3,(H,32,33). The van der Waals surface area contributed by atoms with Crippen LogP contribution in [0, 0.1) is 6.92 Å². The molecule has 196 valence electrons. The molecule has 5 heterocycles. The van der Waals surface area contributed by atoms with Gasteiger partial charge in [-0.05, 0) is 57.6 Å². The Morgan fingerprint density at radius 2 is 1.81 bits per heavy atom. The second-order valence-electron chi connectivity index (χ2n) is 9.76. The van der Waals surface area contributed by atoms with E-state index in [1.165, 1.54) is 0 Å². The van der Waals surface area contributed by atoms with Crippen LogP contribution in [0.1, 0.15) is 50.4 Å². The van der Waals surface area contributed by atoms with E-state index in [1.807, 2.05) is 25.4 Å². The van der Waals surface area contributed by atoms with Gasteiger partial charge in [0.2, 0.25) is 5.95 Å². The Hall–Kier alpha value is -3.25. The summed E-state index contributed by atoms with van der Waals surface area (Å²) in [6.07, 6.45) is 3.78. The molecule has 0 radical (unpaired) electrons. The first-order valence-electron chi connectivity index (χ1n) is 12.6. The van der Waals surface area contributed by atoms with Gasteiger partial charge in [-0.25, -0.2) is 19.5 Å². The summed E-state index contributed by atoms with van der Waals surface area (Å²) >= 11 is 0. The molecule has 9 nitrogen and oxygen atoms in total. The molecule has 0 atom stereocenters. The molecular weight excluding hydrogens is 487 g/mol. The van der Waals surface area contributed by atoms with Gasteiger partial charge in [-0.15, -0.1) is 18.3 Å². The number of fused-ring (bicyclic) bond motifs is 2. The highest BCUT2D eigenvalue weighted by Gasteiger charge is 2.35. The summed E-state index contributed by atoms with van der Waals surface area (Å²) in [7, 11) is 0. The fourth-order valence-corrected chi connectivity index (χ4v) is 5.55. The predicted molar refractivity (Wildman–Crippen MR) is 130 cm³/mol. The van der Waals surface area contributed by atoms with Crippen molar-refractivity contribution in [2.75, 3.05) is 18.5 Å². The fourth-order valence-electron chi connectivity index (χ4n) is 5.55. The smallest absolute Gasteiger partial charge is 0.381 e. The van der Waals surface area contributed by atoms with Gasteiger partial charge in [0.25, 0.3) is 0 Å². The number of imidazole rings is 1. The van der Waals surface area contributed by atoms with E-state index in [4.69, 9.17) is 4.74 Å². The summed E-state index contributed by atoms with van der Waals surface area (Å²) < 4.78 is 51.1. The number of halogens is 3. The molecule has 1 aliphatic carbocycles. The SMILES string of the molecule is Cc1nc2ncc(-c3ccn4nc(NC5CCC(OC(F)(F)F)CC5)ncc34)cc2n1C1CCOCC1. The third kappa shape index (κ3) is 4.99. The Morgan fingerprint density at radius 3 is 2.57 bits per heavy atom. The normalized spacial score (nSPS) is 21.6. The van der Waals surface area contributed by atoms with E-state index >= 15 is 0 Å². The number of nitrogens with zero attached hydrogens (tertiary/aromatic N) is 6. The minimum atomic E-state index is -4.59. The first-order chi connectivity index (χ1) is 17.8. The van der Waals surface area contributed by atoms with Gasteiger partial charge in [0.1, 0.15) is 5.82 Å². The zero-order valence-corrected chi connectivity index (χ0v) is 20.4. The maximum atomic E-state index is 12.5. The van der Waals surface area contributed by atoms with Crippen LogP contribution in [-0.4, -0.2) is 60.9 Å². The highest BCUT2D eigenvalue weighted by Crippen LogP contribution is 2.32. The minimum Gasteiger partial charge on any atom is -0.381 e. The number of aryl methyl sites for hydroxylation is 1. The summed E-state index contributed by atoms with van der Waals surface area (Å²) in [5.74, 6) is 1.39. The lowest BCUT2D eigenvalue weighted by Crippen LogP contribution is -2.33. The number of ether oxygens (including phenoxy) is 2. The molecular formula is C25H28F3N7O2. The van der Waals surface area contributed by atoms with Crippen molar-refractivity contribution in [2.45, 2.75) is 70.0 Å². The van der Waals surface area contributed by atoms with Gasteiger partial charge in [0, 0.05) is 48.8 Å². The number of alkyl halides is 3. The van der Waals surface area contributed by atoms with Crippen LogP contribution in [0.3, 0.4) is 0 Å². The molecule has 0 bridgehead atoms. The number of hydrogen-bond donors (Lipinski definition) is 1. The number of anilines is 1. The highest BCUT2D eigenvalue weighted by atomic mass is 19.4. The Bertz CT molecular complexity index is 1400. The van der Waals surface area contributed by atoms with Crippen molar-refractivity contribution in [1.29, 1.82) is 0 Å². The number of aromatic nitrogens is 6. The van der Waals surface area contributed by atoms with Gasteiger partial charge in [-0.1, -0.05) is 0 Å². The lowest BCUT2D eigenvalue weighted by Gasteiger charge is -2.29. The summed E-state index contributed by atoms with van der Waals surface area (Å²) in [5.41, 5.74) is 4.49. The number of rotatable bonds is 5. The first-order valence-corrected chi connectivity index (χ1v) is 12.6. The predicted octanol–water partition coefficient (Wildman–Crippen LogP) is 5.06. The van der Waals surface area contributed by atoms with Crippen molar-refractivity contribution in [3.63, 3.8) is 0 Å². The molecule has 1 N–H and O–H groups in total. The third-order valence-electron chi connectivity index (χ3n) is 7.31. The van der Waals surface area contributed by atoms with Gasteiger partial charge in [0.05, 0.1) is 23.3 Å². The van der Waals surface area contributed by atoms with Crippen molar-refractivity contribution in [3.05, 3.63) is 36.5 Å². The van der Waals surface area contributed by atoms with E-state index in [0.717, 1.165) is 59.7 Å². The molecule has 0 unspecified atom stereocenters. The van der Waals surface area contributed by atoms with E-state index in [-0.39, 0.29) is 6.04 Å². The molecule has 1 aliphatic heterocycles. The lowest BCUT2D eigenvalue weighted by molar-refractivity contribution is -0.345. The second-order valence-corrected chi connectivity index (χ2v) is 9.76. The van der Waals surface area contributed by atoms with Crippen LogP contribution in [0.25, 0.3) is 27.8 Å². The molecule has 2 aliphatic rings. The number of nitrogens with one attached hydrogen (secondary N) is 1. The maximum absolute atomic E-state index is 12.5. The zero-order valence-electron chi connectivity index (χ0n) is 20.4. The fraction of sp³-hybridized carbons (Fsp3) is 0.520. The van der Waals surface area contributed by atoms with Crippen LogP contribution < -0.4 is 5.32 Å². The highest BCUT2D eigenvalue weighted by molar-refractivity contribution is 5.85. The van der Waals surface area contributed by atoms with Crippen LogP contribution in [0.5, 0.6) is 0 Å². The van der Waals surface area contributed by atoms with Crippen molar-refractivity contribution in [2.24, 2.45) is 0 Å². The molecule has 1 saturated carbocycles. The number of hydrogen-bond acceptors (Lipinski definition) is 7. The van der Waals surface area contributed by atoms with E-state index in [1.54, 1.807) is 10.7 Å². The lowest BCUT2D eigenvalue weighted by atomic mass is 9.93. The summed E-state index contributed by atoms with van der Waals surface area (Å²) in [6.45, 7) is 3.51. The summed E-state index contributed by atoms with van der Waals surface area (Å²) in [4.78, 5) is 13.8. The van der Waals surface area contributed by atoms with Crippen LogP contribution >= 0.6 is 0 Å². The molecule has 2 fully saturated rings. The Kier molecular flexibility index (Phi) is 6.23. The van der Waals surface area contributed by atoms with Crippen molar-refractivity contribution < 1.29 is 22.6 Å². The number of pyridine rings is 1. The molecule has 6 rings (SSSR count). The van der Waals surface area contributed by atoms with E-state index in [2.05, 4.69) is 40.7 Å². The van der Waals surface area contributed by atoms with Gasteiger partial charge in [-0.3, -0.25) is 4.74 Å². The molecule has 1 saturated heterocycles. The Balaban J connectivity index is 1.21. The van der Waals surface area contributed by atoms with Crippen LogP contribution in [0.2, 0.25) is 0 Å². The van der Waals surface area contributed by atoms with Gasteiger partial charge < -0.3 is 14.6 Å². The van der Waals surface area contributed by atoms with Gasteiger partial charge in [0.15, 0.2) is 5.65 Å². The molecule has 0 spiro atoms. The van der Waals surface area contributed by atoms with Crippen molar-refractivity contribution in [3.8, 4) is 11.1 Å². The molecule has 37 heavy (non-hydrogen) atoms. The summed E-state index contributed by atoms with van der Waals surface area (Å²) in [6, 6.07) is 4.45. The monoisotopic (exact) mass is 515 g/mol. The van der Waals surface area contributed by atoms with Gasteiger partial charge >= 0.3 is 6.36 Å². The van der Waals surface area contributed by atoms with E-state index in [9.17, 15) is 13.2 Å². The second kappa shape index (κ2) is 9.56. The molecule has 4 aromatic rings. The quantitative estimate of drug-likeness (QED) is 0.397.